The van der Waals surface area contributed by atoms with Gasteiger partial charge in [0.15, 0.2) is 5.03 Å². The van der Waals surface area contributed by atoms with Crippen LogP contribution in [0.1, 0.15) is 10.4 Å². The molecule has 1 saturated heterocycles. The summed E-state index contributed by atoms with van der Waals surface area (Å²) in [5, 5.41) is 23.2. The topological polar surface area (TPSA) is 133 Å². The lowest BCUT2D eigenvalue weighted by molar-refractivity contribution is 0.0108. The Morgan fingerprint density at radius 2 is 2.37 bits per heavy atom. The summed E-state index contributed by atoms with van der Waals surface area (Å²) in [5.41, 5.74) is -0.428. The number of ether oxygens (including phenoxy) is 1. The second-order valence-corrected chi connectivity index (χ2v) is 5.77. The van der Waals surface area contributed by atoms with Gasteiger partial charge in [0.1, 0.15) is 5.56 Å². The summed E-state index contributed by atoms with van der Waals surface area (Å²) in [4.78, 5) is 10.9. The maximum absolute atomic E-state index is 12.4. The molecule has 106 valence electrons. The van der Waals surface area contributed by atoms with Crippen molar-refractivity contribution in [3.05, 3.63) is 11.8 Å². The number of morpholine rings is 1. The van der Waals surface area contributed by atoms with Gasteiger partial charge in [0.05, 0.1) is 32.1 Å². The lowest BCUT2D eigenvalue weighted by Gasteiger charge is -2.32. The molecule has 1 aromatic rings. The van der Waals surface area contributed by atoms with Crippen LogP contribution in [0.5, 0.6) is 0 Å². The Morgan fingerprint density at radius 1 is 1.63 bits per heavy atom. The van der Waals surface area contributed by atoms with Gasteiger partial charge in [-0.15, -0.1) is 0 Å². The largest absolute Gasteiger partial charge is 0.478 e. The van der Waals surface area contributed by atoms with E-state index in [9.17, 15) is 18.3 Å². The molecule has 19 heavy (non-hydrogen) atoms. The van der Waals surface area contributed by atoms with E-state index in [2.05, 4.69) is 10.2 Å². The fourth-order valence-electron chi connectivity index (χ4n) is 1.84. The van der Waals surface area contributed by atoms with Gasteiger partial charge in [-0.05, 0) is 0 Å². The highest BCUT2D eigenvalue weighted by atomic mass is 32.2. The molecule has 1 aliphatic heterocycles. The number of carboxylic acid groups (broad SMARTS) is 1. The summed E-state index contributed by atoms with van der Waals surface area (Å²) in [6, 6.07) is -0.733. The van der Waals surface area contributed by atoms with Gasteiger partial charge >= 0.3 is 5.97 Å². The third-order valence-electron chi connectivity index (χ3n) is 2.79. The number of aliphatic hydroxyl groups is 1. The van der Waals surface area contributed by atoms with Crippen LogP contribution >= 0.6 is 0 Å². The molecule has 3 N–H and O–H groups in total. The average molecular weight is 291 g/mol. The van der Waals surface area contributed by atoms with E-state index in [4.69, 9.17) is 9.84 Å². The smallest absolute Gasteiger partial charge is 0.340 e. The summed E-state index contributed by atoms with van der Waals surface area (Å²) < 4.78 is 30.8. The highest BCUT2D eigenvalue weighted by Crippen LogP contribution is 2.21. The number of H-pyrrole nitrogens is 1. The van der Waals surface area contributed by atoms with E-state index in [1.54, 1.807) is 0 Å². The van der Waals surface area contributed by atoms with Gasteiger partial charge in [-0.2, -0.15) is 9.40 Å². The summed E-state index contributed by atoms with van der Waals surface area (Å²) in [5.74, 6) is -1.39. The van der Waals surface area contributed by atoms with Gasteiger partial charge < -0.3 is 14.9 Å². The molecule has 0 aliphatic carbocycles. The van der Waals surface area contributed by atoms with Gasteiger partial charge in [0.25, 0.3) is 10.0 Å². The first kappa shape index (κ1) is 13.9. The van der Waals surface area contributed by atoms with E-state index in [0.29, 0.717) is 0 Å². The number of aromatic amines is 1. The van der Waals surface area contributed by atoms with Crippen LogP contribution in [0.2, 0.25) is 0 Å². The van der Waals surface area contributed by atoms with Crippen LogP contribution < -0.4 is 0 Å². The molecule has 0 saturated carbocycles. The molecule has 2 heterocycles. The van der Waals surface area contributed by atoms with Crippen molar-refractivity contribution in [1.29, 1.82) is 0 Å². The fraction of sp³-hybridized carbons (Fsp3) is 0.556. The number of aromatic carboxylic acids is 1. The summed E-state index contributed by atoms with van der Waals surface area (Å²) in [6.07, 6.45) is 0.934. The predicted molar refractivity (Wildman–Crippen MR) is 61.1 cm³/mol. The number of aromatic nitrogens is 2. The number of hydrogen-bond acceptors (Lipinski definition) is 6. The zero-order valence-electron chi connectivity index (χ0n) is 9.81. The standard InChI is InChI=1S/C9H13N3O6S/c13-4-6-5-18-2-1-12(6)19(16,17)8-7(9(14)15)3-10-11-8/h3,6,13H,1-2,4-5H2,(H,10,11)(H,14,15). The fourth-order valence-corrected chi connectivity index (χ4v) is 3.50. The Balaban J connectivity index is 2.41. The van der Waals surface area contributed by atoms with Gasteiger partial charge in [-0.25, -0.2) is 13.2 Å². The summed E-state index contributed by atoms with van der Waals surface area (Å²) >= 11 is 0. The molecule has 0 amide bonds. The molecular formula is C9H13N3O6S. The van der Waals surface area contributed by atoms with Crippen molar-refractivity contribution >= 4 is 16.0 Å². The third-order valence-corrected chi connectivity index (χ3v) is 4.71. The molecule has 1 fully saturated rings. The number of sulfonamides is 1. The maximum Gasteiger partial charge on any atom is 0.340 e. The van der Waals surface area contributed by atoms with E-state index in [-0.39, 0.29) is 19.8 Å². The number of aliphatic hydroxyl groups excluding tert-OH is 1. The quantitative estimate of drug-likeness (QED) is 0.614. The van der Waals surface area contributed by atoms with Crippen molar-refractivity contribution in [2.75, 3.05) is 26.4 Å². The molecule has 0 bridgehead atoms. The summed E-state index contributed by atoms with van der Waals surface area (Å²) in [7, 11) is -4.06. The number of nitrogens with zero attached hydrogens (tertiary/aromatic N) is 2. The van der Waals surface area contributed by atoms with Gasteiger partial charge in [-0.3, -0.25) is 5.10 Å². The molecule has 1 aromatic heterocycles. The van der Waals surface area contributed by atoms with Crippen LogP contribution in [0.3, 0.4) is 0 Å². The molecular weight excluding hydrogens is 278 g/mol. The lowest BCUT2D eigenvalue weighted by atomic mass is 10.3. The minimum absolute atomic E-state index is 0.0473. The molecule has 1 unspecified atom stereocenters. The van der Waals surface area contributed by atoms with Crippen molar-refractivity contribution in [2.24, 2.45) is 0 Å². The van der Waals surface area contributed by atoms with Crippen LogP contribution in [0, 0.1) is 0 Å². The first-order valence-corrected chi connectivity index (χ1v) is 6.89. The van der Waals surface area contributed by atoms with Gasteiger partial charge in [0, 0.05) is 6.54 Å². The molecule has 9 nitrogen and oxygen atoms in total. The Kier molecular flexibility index (Phi) is 3.85. The number of hydrogen-bond donors (Lipinski definition) is 3. The van der Waals surface area contributed by atoms with E-state index >= 15 is 0 Å². The molecule has 0 aromatic carbocycles. The van der Waals surface area contributed by atoms with E-state index in [0.717, 1.165) is 10.5 Å². The zero-order valence-corrected chi connectivity index (χ0v) is 10.6. The number of nitrogens with one attached hydrogen (secondary N) is 1. The van der Waals surface area contributed by atoms with Gasteiger partial charge in [-0.1, -0.05) is 0 Å². The van der Waals surface area contributed by atoms with E-state index in [1.165, 1.54) is 0 Å². The van der Waals surface area contributed by atoms with Crippen molar-refractivity contribution in [1.82, 2.24) is 14.5 Å². The average Bonchev–Trinajstić information content (AvgIpc) is 2.88. The molecule has 1 atom stereocenters. The Labute approximate surface area is 108 Å². The number of carbonyl (C=O) groups is 1. The molecule has 1 aliphatic rings. The Hall–Kier alpha value is -1.49. The van der Waals surface area contributed by atoms with E-state index < -0.39 is 39.2 Å². The highest BCUT2D eigenvalue weighted by Gasteiger charge is 2.37. The minimum atomic E-state index is -4.06. The van der Waals surface area contributed by atoms with Crippen LogP contribution in [0.4, 0.5) is 0 Å². The normalized spacial score (nSPS) is 21.4. The Bertz CT molecular complexity index is 568. The van der Waals surface area contributed by atoms with Crippen LogP contribution in [-0.4, -0.2) is 71.5 Å². The minimum Gasteiger partial charge on any atom is -0.478 e. The van der Waals surface area contributed by atoms with Crippen molar-refractivity contribution in [3.63, 3.8) is 0 Å². The predicted octanol–water partition coefficient (Wildman–Crippen LogP) is -1.51. The molecule has 0 spiro atoms. The van der Waals surface area contributed by atoms with Crippen molar-refractivity contribution < 1.29 is 28.2 Å². The SMILES string of the molecule is O=C(O)c1cn[nH]c1S(=O)(=O)N1CCOCC1CO. The van der Waals surface area contributed by atoms with Gasteiger partial charge in [0.2, 0.25) is 0 Å². The first-order chi connectivity index (χ1) is 8.98. The molecule has 0 radical (unpaired) electrons. The van der Waals surface area contributed by atoms with Crippen LogP contribution in [0.25, 0.3) is 0 Å². The highest BCUT2D eigenvalue weighted by molar-refractivity contribution is 7.89. The van der Waals surface area contributed by atoms with Crippen LogP contribution in [-0.2, 0) is 14.8 Å². The second kappa shape index (κ2) is 5.25. The number of rotatable bonds is 4. The number of carboxylic acids is 1. The third kappa shape index (κ3) is 2.47. The molecule has 2 rings (SSSR count). The van der Waals surface area contributed by atoms with Crippen molar-refractivity contribution in [2.45, 2.75) is 11.1 Å². The molecule has 10 heteroatoms. The van der Waals surface area contributed by atoms with E-state index in [1.807, 2.05) is 0 Å². The monoisotopic (exact) mass is 291 g/mol. The Morgan fingerprint density at radius 3 is 3.00 bits per heavy atom. The lowest BCUT2D eigenvalue weighted by Crippen LogP contribution is -2.50. The van der Waals surface area contributed by atoms with Crippen molar-refractivity contribution in [3.8, 4) is 0 Å². The maximum atomic E-state index is 12.4. The first-order valence-electron chi connectivity index (χ1n) is 5.45. The van der Waals surface area contributed by atoms with Crippen LogP contribution in [0.15, 0.2) is 11.2 Å². The second-order valence-electron chi connectivity index (χ2n) is 3.95. The summed E-state index contributed by atoms with van der Waals surface area (Å²) in [6.45, 7) is -0.111. The zero-order chi connectivity index (χ0) is 14.0.